The number of aromatic nitrogens is 2. The minimum atomic E-state index is 0.0806. The first-order valence-corrected chi connectivity index (χ1v) is 5.05. The molecular weight excluding hydrogens is 180 g/mol. The van der Waals surface area contributed by atoms with Crippen molar-refractivity contribution in [1.82, 2.24) is 9.13 Å². The third-order valence-corrected chi connectivity index (χ3v) is 2.49. The first-order chi connectivity index (χ1) is 5.84. The molecule has 0 saturated heterocycles. The van der Waals surface area contributed by atoms with Gasteiger partial charge in [-0.2, -0.15) is 0 Å². The van der Waals surface area contributed by atoms with E-state index in [1.54, 1.807) is 0 Å². The molecule has 3 heteroatoms. The van der Waals surface area contributed by atoms with Crippen molar-refractivity contribution in [2.75, 3.05) is 0 Å². The summed E-state index contributed by atoms with van der Waals surface area (Å²) in [6.07, 6.45) is 4.11. The lowest BCUT2D eigenvalue weighted by Crippen LogP contribution is -2.21. The first kappa shape index (κ1) is 10.5. The van der Waals surface area contributed by atoms with Gasteiger partial charge in [0.1, 0.15) is 0 Å². The molecule has 0 aliphatic heterocycles. The second-order valence-corrected chi connectivity index (χ2v) is 4.99. The molecule has 74 valence electrons. The highest BCUT2D eigenvalue weighted by Gasteiger charge is 2.15. The second kappa shape index (κ2) is 3.29. The average molecular weight is 198 g/mol. The molecule has 0 radical (unpaired) electrons. The monoisotopic (exact) mass is 198 g/mol. The number of imidazole rings is 1. The summed E-state index contributed by atoms with van der Waals surface area (Å²) in [5.41, 5.74) is 0.0806. The Labute approximate surface area is 85.2 Å². The van der Waals surface area contributed by atoms with Gasteiger partial charge in [0.15, 0.2) is 4.77 Å². The van der Waals surface area contributed by atoms with E-state index in [0.29, 0.717) is 6.04 Å². The molecule has 0 spiro atoms. The Hall–Kier alpha value is -0.570. The summed E-state index contributed by atoms with van der Waals surface area (Å²) in [6.45, 7) is 10.8. The largest absolute Gasteiger partial charge is 0.321 e. The summed E-state index contributed by atoms with van der Waals surface area (Å²) in [5, 5.41) is 0. The van der Waals surface area contributed by atoms with E-state index in [9.17, 15) is 0 Å². The summed E-state index contributed by atoms with van der Waals surface area (Å²) in [5.74, 6) is 0. The highest BCUT2D eigenvalue weighted by molar-refractivity contribution is 7.71. The molecule has 0 bridgehead atoms. The maximum atomic E-state index is 5.38. The van der Waals surface area contributed by atoms with Crippen molar-refractivity contribution < 1.29 is 0 Å². The lowest BCUT2D eigenvalue weighted by atomic mass is 10.1. The molecule has 0 aliphatic rings. The quantitative estimate of drug-likeness (QED) is 0.629. The maximum Gasteiger partial charge on any atom is 0.180 e. The van der Waals surface area contributed by atoms with E-state index in [4.69, 9.17) is 12.2 Å². The Balaban J connectivity index is 3.23. The molecule has 13 heavy (non-hydrogen) atoms. The Morgan fingerprint density at radius 3 is 2.00 bits per heavy atom. The van der Waals surface area contributed by atoms with Crippen LogP contribution in [0.5, 0.6) is 0 Å². The smallest absolute Gasteiger partial charge is 0.180 e. The molecule has 1 aromatic rings. The minimum Gasteiger partial charge on any atom is -0.321 e. The first-order valence-electron chi connectivity index (χ1n) is 4.64. The van der Waals surface area contributed by atoms with Gasteiger partial charge in [0, 0.05) is 24.0 Å². The van der Waals surface area contributed by atoms with Crippen LogP contribution < -0.4 is 0 Å². The van der Waals surface area contributed by atoms with E-state index in [-0.39, 0.29) is 5.54 Å². The van der Waals surface area contributed by atoms with Crippen molar-refractivity contribution >= 4 is 12.2 Å². The number of nitrogens with zero attached hydrogens (tertiary/aromatic N) is 2. The van der Waals surface area contributed by atoms with Crippen LogP contribution in [0.2, 0.25) is 0 Å². The lowest BCUT2D eigenvalue weighted by molar-refractivity contribution is 0.384. The van der Waals surface area contributed by atoms with Crippen LogP contribution >= 0.6 is 12.2 Å². The Morgan fingerprint density at radius 1 is 1.23 bits per heavy atom. The van der Waals surface area contributed by atoms with E-state index in [1.165, 1.54) is 0 Å². The summed E-state index contributed by atoms with van der Waals surface area (Å²) < 4.78 is 5.14. The van der Waals surface area contributed by atoms with Gasteiger partial charge in [0.25, 0.3) is 0 Å². The van der Waals surface area contributed by atoms with Crippen molar-refractivity contribution in [2.24, 2.45) is 0 Å². The fourth-order valence-corrected chi connectivity index (χ4v) is 1.90. The van der Waals surface area contributed by atoms with Crippen LogP contribution in [-0.4, -0.2) is 9.13 Å². The molecule has 0 fully saturated rings. The highest BCUT2D eigenvalue weighted by Crippen LogP contribution is 2.17. The number of rotatable bonds is 1. The van der Waals surface area contributed by atoms with Crippen molar-refractivity contribution in [3.63, 3.8) is 0 Å². The zero-order valence-electron chi connectivity index (χ0n) is 9.03. The van der Waals surface area contributed by atoms with E-state index in [2.05, 4.69) is 56.1 Å². The van der Waals surface area contributed by atoms with Crippen molar-refractivity contribution in [2.45, 2.75) is 46.2 Å². The highest BCUT2D eigenvalue weighted by atomic mass is 32.1. The Kier molecular flexibility index (Phi) is 2.66. The Bertz CT molecular complexity index is 339. The van der Waals surface area contributed by atoms with Crippen molar-refractivity contribution in [1.29, 1.82) is 0 Å². The third-order valence-electron chi connectivity index (χ3n) is 2.08. The van der Waals surface area contributed by atoms with Gasteiger partial charge in [-0.25, -0.2) is 0 Å². The number of hydrogen-bond acceptors (Lipinski definition) is 1. The predicted molar refractivity (Wildman–Crippen MR) is 58.6 cm³/mol. The van der Waals surface area contributed by atoms with Gasteiger partial charge in [0.2, 0.25) is 0 Å². The SMILES string of the molecule is CC(C)n1ccn(C(C)(C)C)c1=S. The summed E-state index contributed by atoms with van der Waals surface area (Å²) in [7, 11) is 0. The van der Waals surface area contributed by atoms with Crippen molar-refractivity contribution in [3.8, 4) is 0 Å². The van der Waals surface area contributed by atoms with Gasteiger partial charge < -0.3 is 9.13 Å². The molecular formula is C10H18N2S. The van der Waals surface area contributed by atoms with Crippen LogP contribution in [0, 0.1) is 4.77 Å². The predicted octanol–water partition coefficient (Wildman–Crippen LogP) is 3.35. The van der Waals surface area contributed by atoms with Crippen molar-refractivity contribution in [3.05, 3.63) is 17.2 Å². The molecule has 1 rings (SSSR count). The molecule has 1 aromatic heterocycles. The fourth-order valence-electron chi connectivity index (χ4n) is 1.29. The van der Waals surface area contributed by atoms with E-state index >= 15 is 0 Å². The zero-order valence-corrected chi connectivity index (χ0v) is 9.85. The van der Waals surface area contributed by atoms with Gasteiger partial charge in [-0.05, 0) is 46.8 Å². The van der Waals surface area contributed by atoms with E-state index in [0.717, 1.165) is 4.77 Å². The van der Waals surface area contributed by atoms with Crippen LogP contribution in [0.25, 0.3) is 0 Å². The molecule has 0 saturated carbocycles. The normalized spacial score (nSPS) is 12.5. The van der Waals surface area contributed by atoms with Gasteiger partial charge in [0.05, 0.1) is 0 Å². The van der Waals surface area contributed by atoms with Gasteiger partial charge >= 0.3 is 0 Å². The standard InChI is InChI=1S/C10H18N2S/c1-8(2)11-6-7-12(9(11)13)10(3,4)5/h6-8H,1-5H3. The Morgan fingerprint density at radius 2 is 1.77 bits per heavy atom. The second-order valence-electron chi connectivity index (χ2n) is 4.62. The van der Waals surface area contributed by atoms with Crippen LogP contribution in [0.15, 0.2) is 12.4 Å². The molecule has 0 amide bonds. The average Bonchev–Trinajstić information content (AvgIpc) is 2.28. The molecule has 0 atom stereocenters. The van der Waals surface area contributed by atoms with Crippen LogP contribution in [-0.2, 0) is 5.54 Å². The van der Waals surface area contributed by atoms with Gasteiger partial charge in [-0.1, -0.05) is 0 Å². The topological polar surface area (TPSA) is 9.86 Å². The third kappa shape index (κ3) is 2.02. The summed E-state index contributed by atoms with van der Waals surface area (Å²) in [6, 6.07) is 0.441. The molecule has 0 N–H and O–H groups in total. The van der Waals surface area contributed by atoms with Crippen LogP contribution in [0.1, 0.15) is 40.7 Å². The van der Waals surface area contributed by atoms with Gasteiger partial charge in [-0.3, -0.25) is 0 Å². The minimum absolute atomic E-state index is 0.0806. The molecule has 0 unspecified atom stereocenters. The van der Waals surface area contributed by atoms with E-state index < -0.39 is 0 Å². The zero-order chi connectivity index (χ0) is 10.2. The summed E-state index contributed by atoms with van der Waals surface area (Å²) >= 11 is 5.38. The maximum absolute atomic E-state index is 5.38. The number of hydrogen-bond donors (Lipinski definition) is 0. The summed E-state index contributed by atoms with van der Waals surface area (Å²) in [4.78, 5) is 0. The molecule has 0 aromatic carbocycles. The van der Waals surface area contributed by atoms with Crippen LogP contribution in [0.4, 0.5) is 0 Å². The lowest BCUT2D eigenvalue weighted by Gasteiger charge is -2.21. The molecule has 0 aliphatic carbocycles. The van der Waals surface area contributed by atoms with Crippen LogP contribution in [0.3, 0.4) is 0 Å². The molecule has 1 heterocycles. The van der Waals surface area contributed by atoms with E-state index in [1.807, 2.05) is 0 Å². The molecule has 2 nitrogen and oxygen atoms in total. The fraction of sp³-hybridized carbons (Fsp3) is 0.700. The van der Waals surface area contributed by atoms with Gasteiger partial charge in [-0.15, -0.1) is 0 Å².